The number of rotatable bonds is 6. The fourth-order valence-electron chi connectivity index (χ4n) is 2.19. The number of methoxy groups -OCH3 is 2. The molecule has 0 heterocycles. The van der Waals surface area contributed by atoms with Crippen LogP contribution in [0.2, 0.25) is 5.02 Å². The van der Waals surface area contributed by atoms with Crippen LogP contribution in [0.5, 0.6) is 17.2 Å². The maximum Gasteiger partial charge on any atom is 0.161 e. The van der Waals surface area contributed by atoms with Gasteiger partial charge in [-0.1, -0.05) is 23.6 Å². The lowest BCUT2D eigenvalue weighted by molar-refractivity contribution is 0.355. The molecule has 126 valence electrons. The van der Waals surface area contributed by atoms with Gasteiger partial charge in [-0.05, 0) is 47.5 Å². The van der Waals surface area contributed by atoms with Gasteiger partial charge in [0.1, 0.15) is 12.4 Å². The summed E-state index contributed by atoms with van der Waals surface area (Å²) in [5.41, 5.74) is 1.95. The maximum absolute atomic E-state index is 9.50. The van der Waals surface area contributed by atoms with Gasteiger partial charge in [-0.3, -0.25) is 0 Å². The molecule has 2 rings (SSSR count). The quantitative estimate of drug-likeness (QED) is 0.438. The van der Waals surface area contributed by atoms with Gasteiger partial charge in [0.2, 0.25) is 0 Å². The Kier molecular flexibility index (Phi) is 6.34. The van der Waals surface area contributed by atoms with Crippen molar-refractivity contribution in [3.05, 3.63) is 52.5 Å². The number of ether oxygens (including phenoxy) is 3. The van der Waals surface area contributed by atoms with Crippen LogP contribution in [0.25, 0.3) is 11.6 Å². The molecule has 0 radical (unpaired) electrons. The zero-order chi connectivity index (χ0) is 18.2. The van der Waals surface area contributed by atoms with Crippen molar-refractivity contribution in [3.63, 3.8) is 0 Å². The molecule has 25 heavy (non-hydrogen) atoms. The van der Waals surface area contributed by atoms with E-state index in [2.05, 4.69) is 12.0 Å². The molecule has 0 amide bonds. The Bertz CT molecular complexity index is 875. The Morgan fingerprint density at radius 1 is 1.12 bits per heavy atom. The molecule has 0 aliphatic carbocycles. The normalized spacial score (nSPS) is 10.5. The lowest BCUT2D eigenvalue weighted by Crippen LogP contribution is -1.94. The number of allylic oxidation sites excluding steroid dienone is 1. The number of hydrogen-bond acceptors (Lipinski definition) is 4. The van der Waals surface area contributed by atoms with E-state index in [4.69, 9.17) is 32.2 Å². The van der Waals surface area contributed by atoms with Gasteiger partial charge in [-0.25, -0.2) is 0 Å². The first-order valence-electron chi connectivity index (χ1n) is 7.33. The first kappa shape index (κ1) is 18.3. The fraction of sp³-hybridized carbons (Fsp3) is 0.150. The van der Waals surface area contributed by atoms with Crippen molar-refractivity contribution in [2.45, 2.75) is 0 Å². The van der Waals surface area contributed by atoms with Crippen molar-refractivity contribution < 1.29 is 14.2 Å². The van der Waals surface area contributed by atoms with Crippen molar-refractivity contribution in [2.75, 3.05) is 20.8 Å². The van der Waals surface area contributed by atoms with Crippen LogP contribution in [-0.4, -0.2) is 20.8 Å². The number of hydrogen-bond donors (Lipinski definition) is 0. The lowest BCUT2D eigenvalue weighted by Gasteiger charge is -2.09. The minimum atomic E-state index is 0.143. The molecule has 0 atom stereocenters. The summed E-state index contributed by atoms with van der Waals surface area (Å²) in [6.45, 7) is 0.143. The second-order valence-corrected chi connectivity index (χ2v) is 5.33. The zero-order valence-electron chi connectivity index (χ0n) is 13.9. The number of terminal acetylenes is 1. The zero-order valence-corrected chi connectivity index (χ0v) is 14.6. The van der Waals surface area contributed by atoms with E-state index in [1.54, 1.807) is 56.7 Å². The molecular weight excluding hydrogens is 338 g/mol. The van der Waals surface area contributed by atoms with Gasteiger partial charge in [0.15, 0.2) is 11.5 Å². The Morgan fingerprint density at radius 3 is 2.44 bits per heavy atom. The number of nitriles is 1. The van der Waals surface area contributed by atoms with E-state index in [0.717, 1.165) is 5.56 Å². The van der Waals surface area contributed by atoms with Crippen molar-refractivity contribution in [3.8, 4) is 35.7 Å². The average molecular weight is 354 g/mol. The third-order valence-electron chi connectivity index (χ3n) is 3.39. The molecular formula is C20H16ClNO3. The highest BCUT2D eigenvalue weighted by atomic mass is 35.5. The molecule has 0 fully saturated rings. The van der Waals surface area contributed by atoms with E-state index in [1.165, 1.54) is 0 Å². The van der Waals surface area contributed by atoms with Crippen molar-refractivity contribution in [1.82, 2.24) is 0 Å². The summed E-state index contributed by atoms with van der Waals surface area (Å²) in [4.78, 5) is 0. The van der Waals surface area contributed by atoms with E-state index in [1.807, 2.05) is 0 Å². The van der Waals surface area contributed by atoms with Crippen LogP contribution in [0.3, 0.4) is 0 Å². The summed E-state index contributed by atoms with van der Waals surface area (Å²) >= 11 is 6.18. The van der Waals surface area contributed by atoms with Gasteiger partial charge in [0, 0.05) is 0 Å². The van der Waals surface area contributed by atoms with Gasteiger partial charge in [-0.2, -0.15) is 5.26 Å². The van der Waals surface area contributed by atoms with Crippen LogP contribution in [0, 0.1) is 23.7 Å². The molecule has 0 unspecified atom stereocenters. The van der Waals surface area contributed by atoms with Gasteiger partial charge < -0.3 is 14.2 Å². The van der Waals surface area contributed by atoms with E-state index in [0.29, 0.717) is 33.4 Å². The third kappa shape index (κ3) is 4.47. The minimum Gasteiger partial charge on any atom is -0.493 e. The van der Waals surface area contributed by atoms with Crippen molar-refractivity contribution in [2.24, 2.45) is 0 Å². The van der Waals surface area contributed by atoms with E-state index < -0.39 is 0 Å². The molecule has 0 spiro atoms. The van der Waals surface area contributed by atoms with Crippen molar-refractivity contribution in [1.29, 1.82) is 5.26 Å². The topological polar surface area (TPSA) is 51.5 Å². The number of halogens is 1. The van der Waals surface area contributed by atoms with Crippen molar-refractivity contribution >= 4 is 23.3 Å². The average Bonchev–Trinajstić information content (AvgIpc) is 2.64. The van der Waals surface area contributed by atoms with Crippen LogP contribution in [0.1, 0.15) is 11.1 Å². The summed E-state index contributed by atoms with van der Waals surface area (Å²) in [5, 5.41) is 9.93. The molecule has 0 saturated heterocycles. The molecule has 0 aliphatic rings. The maximum atomic E-state index is 9.50. The monoisotopic (exact) mass is 353 g/mol. The number of nitrogens with zero attached hydrogens (tertiary/aromatic N) is 1. The Balaban J connectivity index is 2.36. The van der Waals surface area contributed by atoms with Crippen LogP contribution in [0.15, 0.2) is 36.4 Å². The first-order valence-corrected chi connectivity index (χ1v) is 7.70. The Hall–Kier alpha value is -3.08. The number of benzene rings is 2. The van der Waals surface area contributed by atoms with E-state index in [9.17, 15) is 5.26 Å². The molecule has 2 aromatic carbocycles. The van der Waals surface area contributed by atoms with Gasteiger partial charge >= 0.3 is 0 Å². The minimum absolute atomic E-state index is 0.143. The highest BCUT2D eigenvalue weighted by molar-refractivity contribution is 6.32. The van der Waals surface area contributed by atoms with Crippen LogP contribution < -0.4 is 14.2 Å². The predicted octanol–water partition coefficient (Wildman–Crippen LogP) is 4.43. The van der Waals surface area contributed by atoms with Gasteiger partial charge in [0.05, 0.1) is 30.9 Å². The highest BCUT2D eigenvalue weighted by Gasteiger charge is 2.09. The second kappa shape index (κ2) is 8.68. The first-order chi connectivity index (χ1) is 12.1. The van der Waals surface area contributed by atoms with Gasteiger partial charge in [-0.15, -0.1) is 6.42 Å². The Morgan fingerprint density at radius 2 is 1.84 bits per heavy atom. The molecule has 0 aliphatic heterocycles. The summed E-state index contributed by atoms with van der Waals surface area (Å²) in [7, 11) is 3.11. The van der Waals surface area contributed by atoms with E-state index in [-0.39, 0.29) is 6.61 Å². The molecule has 0 saturated carbocycles. The standard InChI is InChI=1S/C20H16ClNO3/c1-4-9-25-18-7-5-14(11-17(18)21)10-16(13-22)15-6-8-19(23-2)20(12-15)24-3/h1,5-8,10-12H,9H2,2-3H3/b16-10+. The summed E-state index contributed by atoms with van der Waals surface area (Å²) in [6, 6.07) is 12.7. The summed E-state index contributed by atoms with van der Waals surface area (Å²) in [5.74, 6) is 4.04. The Labute approximate surface area is 152 Å². The molecule has 0 bridgehead atoms. The van der Waals surface area contributed by atoms with Crippen LogP contribution in [0.4, 0.5) is 0 Å². The molecule has 2 aromatic rings. The summed E-state index contributed by atoms with van der Waals surface area (Å²) < 4.78 is 15.8. The predicted molar refractivity (Wildman–Crippen MR) is 98.8 cm³/mol. The second-order valence-electron chi connectivity index (χ2n) is 4.92. The largest absolute Gasteiger partial charge is 0.493 e. The fourth-order valence-corrected chi connectivity index (χ4v) is 2.44. The highest BCUT2D eigenvalue weighted by Crippen LogP contribution is 2.32. The smallest absolute Gasteiger partial charge is 0.161 e. The van der Waals surface area contributed by atoms with E-state index >= 15 is 0 Å². The molecule has 0 aromatic heterocycles. The molecule has 0 N–H and O–H groups in total. The summed E-state index contributed by atoms with van der Waals surface area (Å²) in [6.07, 6.45) is 6.90. The SMILES string of the molecule is C#CCOc1ccc(/C=C(\C#N)c2ccc(OC)c(OC)c2)cc1Cl. The molecule has 4 nitrogen and oxygen atoms in total. The van der Waals surface area contributed by atoms with Gasteiger partial charge in [0.25, 0.3) is 0 Å². The van der Waals surface area contributed by atoms with Crippen LogP contribution in [-0.2, 0) is 0 Å². The third-order valence-corrected chi connectivity index (χ3v) is 3.69. The lowest BCUT2D eigenvalue weighted by atomic mass is 10.0. The van der Waals surface area contributed by atoms with Crippen LogP contribution >= 0.6 is 11.6 Å². The molecule has 5 heteroatoms.